The highest BCUT2D eigenvalue weighted by Crippen LogP contribution is 2.16. The van der Waals surface area contributed by atoms with E-state index in [0.717, 1.165) is 10.6 Å². The van der Waals surface area contributed by atoms with Crippen LogP contribution in [0.25, 0.3) is 0 Å². The Labute approximate surface area is 113 Å². The van der Waals surface area contributed by atoms with Crippen LogP contribution in [0.1, 0.15) is 12.8 Å². The third kappa shape index (κ3) is 3.14. The molecular formula is C12H15N3O5. The van der Waals surface area contributed by atoms with Crippen LogP contribution >= 0.6 is 0 Å². The Bertz CT molecular complexity index is 632. The summed E-state index contributed by atoms with van der Waals surface area (Å²) in [6.45, 7) is 0.439. The molecule has 0 saturated carbocycles. The zero-order valence-corrected chi connectivity index (χ0v) is 10.7. The molecule has 8 heteroatoms. The highest BCUT2D eigenvalue weighted by atomic mass is 16.4. The van der Waals surface area contributed by atoms with Gasteiger partial charge in [0.2, 0.25) is 5.91 Å². The summed E-state index contributed by atoms with van der Waals surface area (Å²) in [5.41, 5.74) is -1.18. The van der Waals surface area contributed by atoms with Gasteiger partial charge in [-0.25, -0.2) is 4.79 Å². The number of carboxylic acids is 1. The van der Waals surface area contributed by atoms with Gasteiger partial charge in [-0.2, -0.15) is 0 Å². The number of hydrogen-bond donors (Lipinski definition) is 2. The number of carbonyl (C=O) groups excluding carboxylic acids is 1. The molecule has 2 heterocycles. The zero-order valence-electron chi connectivity index (χ0n) is 10.7. The van der Waals surface area contributed by atoms with E-state index >= 15 is 0 Å². The van der Waals surface area contributed by atoms with Crippen LogP contribution in [0.4, 0.5) is 0 Å². The van der Waals surface area contributed by atoms with E-state index in [9.17, 15) is 19.2 Å². The molecule has 1 atom stereocenters. The monoisotopic (exact) mass is 281 g/mol. The van der Waals surface area contributed by atoms with Crippen molar-refractivity contribution < 1.29 is 14.7 Å². The predicted octanol–water partition coefficient (Wildman–Crippen LogP) is -1.14. The number of rotatable bonds is 3. The van der Waals surface area contributed by atoms with E-state index in [1.54, 1.807) is 0 Å². The van der Waals surface area contributed by atoms with Crippen molar-refractivity contribution >= 4 is 11.9 Å². The fourth-order valence-corrected chi connectivity index (χ4v) is 2.22. The lowest BCUT2D eigenvalue weighted by Gasteiger charge is -2.30. The van der Waals surface area contributed by atoms with E-state index in [2.05, 4.69) is 4.98 Å². The molecule has 8 nitrogen and oxygen atoms in total. The standard InChI is InChI=1S/C12H15N3O5/c16-9-3-5-15(12(20)13-9)7-10(17)14-4-1-2-8(6-14)11(18)19/h3,5,8H,1-2,4,6-7H2,(H,18,19)(H,13,16,20). The number of amides is 1. The number of nitrogens with zero attached hydrogens (tertiary/aromatic N) is 2. The Balaban J connectivity index is 2.06. The first-order chi connectivity index (χ1) is 9.47. The maximum atomic E-state index is 12.1. The van der Waals surface area contributed by atoms with Crippen LogP contribution in [-0.2, 0) is 16.1 Å². The lowest BCUT2D eigenvalue weighted by Crippen LogP contribution is -2.45. The second-order valence-electron chi connectivity index (χ2n) is 4.76. The van der Waals surface area contributed by atoms with E-state index in [4.69, 9.17) is 5.11 Å². The lowest BCUT2D eigenvalue weighted by molar-refractivity contribution is -0.145. The Kier molecular flexibility index (Phi) is 4.02. The molecule has 1 aliphatic heterocycles. The summed E-state index contributed by atoms with van der Waals surface area (Å²) >= 11 is 0. The number of aliphatic carboxylic acids is 1. The van der Waals surface area contributed by atoms with Crippen molar-refractivity contribution in [2.75, 3.05) is 13.1 Å². The molecule has 108 valence electrons. The zero-order chi connectivity index (χ0) is 14.7. The van der Waals surface area contributed by atoms with Gasteiger partial charge < -0.3 is 10.0 Å². The molecule has 1 unspecified atom stereocenters. The van der Waals surface area contributed by atoms with E-state index in [-0.39, 0.29) is 19.0 Å². The first kappa shape index (κ1) is 14.0. The summed E-state index contributed by atoms with van der Waals surface area (Å²) in [6.07, 6.45) is 2.43. The predicted molar refractivity (Wildman–Crippen MR) is 68.3 cm³/mol. The van der Waals surface area contributed by atoms with Gasteiger partial charge in [0.15, 0.2) is 0 Å². The molecule has 0 spiro atoms. The maximum absolute atomic E-state index is 12.1. The number of aromatic nitrogens is 2. The molecule has 0 aliphatic carbocycles. The first-order valence-electron chi connectivity index (χ1n) is 6.27. The minimum atomic E-state index is -0.913. The van der Waals surface area contributed by atoms with Crippen molar-refractivity contribution in [1.82, 2.24) is 14.5 Å². The van der Waals surface area contributed by atoms with Crippen LogP contribution in [-0.4, -0.2) is 44.5 Å². The third-order valence-electron chi connectivity index (χ3n) is 3.33. The van der Waals surface area contributed by atoms with Crippen LogP contribution in [0.15, 0.2) is 21.9 Å². The average molecular weight is 281 g/mol. The van der Waals surface area contributed by atoms with Gasteiger partial charge in [0, 0.05) is 25.4 Å². The lowest BCUT2D eigenvalue weighted by atomic mass is 9.98. The van der Waals surface area contributed by atoms with Gasteiger partial charge in [0.25, 0.3) is 5.56 Å². The van der Waals surface area contributed by atoms with Gasteiger partial charge >= 0.3 is 11.7 Å². The molecule has 1 saturated heterocycles. The Morgan fingerprint density at radius 1 is 1.40 bits per heavy atom. The molecule has 1 fully saturated rings. The van der Waals surface area contributed by atoms with Crippen molar-refractivity contribution in [3.05, 3.63) is 33.1 Å². The van der Waals surface area contributed by atoms with Gasteiger partial charge in [-0.3, -0.25) is 23.9 Å². The molecule has 2 N–H and O–H groups in total. The number of likely N-dealkylation sites (tertiary alicyclic amines) is 1. The fraction of sp³-hybridized carbons (Fsp3) is 0.500. The minimum Gasteiger partial charge on any atom is -0.481 e. The Morgan fingerprint density at radius 3 is 2.80 bits per heavy atom. The molecule has 1 aromatic heterocycles. The summed E-state index contributed by atoms with van der Waals surface area (Å²) in [5.74, 6) is -1.80. The number of nitrogens with one attached hydrogen (secondary N) is 1. The van der Waals surface area contributed by atoms with Gasteiger partial charge in [-0.15, -0.1) is 0 Å². The van der Waals surface area contributed by atoms with Gasteiger partial charge in [0.1, 0.15) is 6.54 Å². The van der Waals surface area contributed by atoms with E-state index < -0.39 is 23.1 Å². The number of carboxylic acid groups (broad SMARTS) is 1. The highest BCUT2D eigenvalue weighted by Gasteiger charge is 2.28. The topological polar surface area (TPSA) is 112 Å². The number of hydrogen-bond acceptors (Lipinski definition) is 4. The van der Waals surface area contributed by atoms with E-state index in [1.165, 1.54) is 11.1 Å². The second kappa shape index (κ2) is 5.72. The molecule has 1 aliphatic rings. The third-order valence-corrected chi connectivity index (χ3v) is 3.33. The van der Waals surface area contributed by atoms with Crippen molar-refractivity contribution in [2.24, 2.45) is 5.92 Å². The number of H-pyrrole nitrogens is 1. The van der Waals surface area contributed by atoms with Gasteiger partial charge in [0.05, 0.1) is 5.92 Å². The molecule has 0 aromatic carbocycles. The minimum absolute atomic E-state index is 0.159. The van der Waals surface area contributed by atoms with Crippen LogP contribution in [0, 0.1) is 5.92 Å². The quantitative estimate of drug-likeness (QED) is 0.727. The molecule has 1 aromatic rings. The van der Waals surface area contributed by atoms with Crippen molar-refractivity contribution in [2.45, 2.75) is 19.4 Å². The van der Waals surface area contributed by atoms with Crippen molar-refractivity contribution in [3.8, 4) is 0 Å². The van der Waals surface area contributed by atoms with Crippen LogP contribution in [0.5, 0.6) is 0 Å². The molecule has 0 bridgehead atoms. The fourth-order valence-electron chi connectivity index (χ4n) is 2.22. The largest absolute Gasteiger partial charge is 0.481 e. The molecule has 20 heavy (non-hydrogen) atoms. The molecular weight excluding hydrogens is 266 g/mol. The second-order valence-corrected chi connectivity index (χ2v) is 4.76. The van der Waals surface area contributed by atoms with Crippen molar-refractivity contribution in [3.63, 3.8) is 0 Å². The number of aromatic amines is 1. The molecule has 0 radical (unpaired) electrons. The molecule has 1 amide bonds. The van der Waals surface area contributed by atoms with Gasteiger partial charge in [-0.1, -0.05) is 0 Å². The Hall–Kier alpha value is -2.38. The van der Waals surface area contributed by atoms with Gasteiger partial charge in [-0.05, 0) is 12.8 Å². The van der Waals surface area contributed by atoms with E-state index in [1.807, 2.05) is 0 Å². The Morgan fingerprint density at radius 2 is 2.15 bits per heavy atom. The van der Waals surface area contributed by atoms with Crippen LogP contribution < -0.4 is 11.2 Å². The number of carbonyl (C=O) groups is 2. The normalized spacial score (nSPS) is 18.8. The SMILES string of the molecule is O=C(O)C1CCCN(C(=O)Cn2ccc(=O)[nH]c2=O)C1. The summed E-state index contributed by atoms with van der Waals surface area (Å²) in [7, 11) is 0. The summed E-state index contributed by atoms with van der Waals surface area (Å²) in [5, 5.41) is 8.97. The van der Waals surface area contributed by atoms with Crippen molar-refractivity contribution in [1.29, 1.82) is 0 Å². The summed E-state index contributed by atoms with van der Waals surface area (Å²) in [6, 6.07) is 1.16. The molecule has 2 rings (SSSR count). The highest BCUT2D eigenvalue weighted by molar-refractivity contribution is 5.77. The summed E-state index contributed by atoms with van der Waals surface area (Å²) < 4.78 is 1.09. The number of piperidine rings is 1. The average Bonchev–Trinajstić information content (AvgIpc) is 2.42. The maximum Gasteiger partial charge on any atom is 0.328 e. The smallest absolute Gasteiger partial charge is 0.328 e. The van der Waals surface area contributed by atoms with E-state index in [0.29, 0.717) is 19.4 Å². The van der Waals surface area contributed by atoms with Crippen LogP contribution in [0.2, 0.25) is 0 Å². The van der Waals surface area contributed by atoms with Crippen LogP contribution in [0.3, 0.4) is 0 Å². The first-order valence-corrected chi connectivity index (χ1v) is 6.27. The summed E-state index contributed by atoms with van der Waals surface area (Å²) in [4.78, 5) is 48.9.